The molecular weight excluding hydrogens is 218 g/mol. The van der Waals surface area contributed by atoms with Crippen LogP contribution in [0.1, 0.15) is 13.3 Å². The van der Waals surface area contributed by atoms with E-state index in [1.807, 2.05) is 0 Å². The van der Waals surface area contributed by atoms with E-state index in [-0.39, 0.29) is 11.9 Å². The Kier molecular flexibility index (Phi) is 3.58. The third kappa shape index (κ3) is 2.94. The van der Waals surface area contributed by atoms with Gasteiger partial charge in [0.25, 0.3) is 5.91 Å². The van der Waals surface area contributed by atoms with Gasteiger partial charge in [-0.05, 0) is 25.5 Å². The first-order valence-electron chi connectivity index (χ1n) is 5.78. The molecule has 5 nitrogen and oxygen atoms in total. The minimum absolute atomic E-state index is 0.0122. The van der Waals surface area contributed by atoms with E-state index in [1.165, 1.54) is 0 Å². The van der Waals surface area contributed by atoms with E-state index in [0.717, 1.165) is 13.0 Å². The number of ether oxygens (including phenoxy) is 1. The van der Waals surface area contributed by atoms with Crippen LogP contribution in [0.5, 0.6) is 5.75 Å². The van der Waals surface area contributed by atoms with E-state index in [2.05, 4.69) is 4.98 Å². The van der Waals surface area contributed by atoms with E-state index in [0.29, 0.717) is 12.3 Å². The maximum Gasteiger partial charge on any atom is 0.263 e. The molecule has 1 aliphatic heterocycles. The van der Waals surface area contributed by atoms with Crippen molar-refractivity contribution in [1.29, 1.82) is 0 Å². The van der Waals surface area contributed by atoms with Crippen molar-refractivity contribution in [2.75, 3.05) is 13.1 Å². The van der Waals surface area contributed by atoms with Gasteiger partial charge >= 0.3 is 0 Å². The third-order valence-corrected chi connectivity index (χ3v) is 2.83. The minimum Gasteiger partial charge on any atom is -0.479 e. The van der Waals surface area contributed by atoms with Crippen LogP contribution in [-0.2, 0) is 4.79 Å². The molecule has 0 bridgehead atoms. The summed E-state index contributed by atoms with van der Waals surface area (Å²) in [7, 11) is 0. The van der Waals surface area contributed by atoms with Crippen LogP contribution >= 0.6 is 0 Å². The van der Waals surface area contributed by atoms with Crippen molar-refractivity contribution >= 4 is 5.91 Å². The Labute approximate surface area is 101 Å². The topological polar surface area (TPSA) is 68.5 Å². The average molecular weight is 235 g/mol. The number of likely N-dealkylation sites (tertiary alicyclic amines) is 1. The lowest BCUT2D eigenvalue weighted by Gasteiger charge is -2.21. The number of rotatable bonds is 3. The fraction of sp³-hybridized carbons (Fsp3) is 0.500. The summed E-state index contributed by atoms with van der Waals surface area (Å²) in [6.07, 6.45) is 3.63. The molecule has 0 aromatic carbocycles. The minimum atomic E-state index is -0.496. The molecule has 0 radical (unpaired) electrons. The maximum absolute atomic E-state index is 12.0. The Balaban J connectivity index is 1.92. The number of hydrogen-bond acceptors (Lipinski definition) is 4. The summed E-state index contributed by atoms with van der Waals surface area (Å²) in [5, 5.41) is 0. The molecule has 2 heterocycles. The number of nitrogens with two attached hydrogens (primary N) is 1. The van der Waals surface area contributed by atoms with Crippen molar-refractivity contribution in [1.82, 2.24) is 9.88 Å². The molecule has 1 aromatic rings. The van der Waals surface area contributed by atoms with Crippen LogP contribution in [0, 0.1) is 0 Å². The number of carbonyl (C=O) groups excluding carboxylic acids is 1. The first kappa shape index (κ1) is 11.9. The molecular formula is C12H17N3O2. The van der Waals surface area contributed by atoms with Crippen LogP contribution < -0.4 is 10.5 Å². The molecule has 1 aliphatic rings. The van der Waals surface area contributed by atoms with Crippen LogP contribution in [0.4, 0.5) is 0 Å². The van der Waals surface area contributed by atoms with E-state index in [1.54, 1.807) is 36.4 Å². The molecule has 17 heavy (non-hydrogen) atoms. The molecule has 1 amide bonds. The van der Waals surface area contributed by atoms with E-state index in [4.69, 9.17) is 10.5 Å². The Morgan fingerprint density at radius 2 is 2.53 bits per heavy atom. The second-order valence-corrected chi connectivity index (χ2v) is 4.28. The molecule has 92 valence electrons. The summed E-state index contributed by atoms with van der Waals surface area (Å²) in [6, 6.07) is 3.66. The lowest BCUT2D eigenvalue weighted by Crippen LogP contribution is -2.40. The maximum atomic E-state index is 12.0. The van der Waals surface area contributed by atoms with Gasteiger partial charge in [-0.1, -0.05) is 0 Å². The normalized spacial score (nSPS) is 21.3. The van der Waals surface area contributed by atoms with Crippen molar-refractivity contribution < 1.29 is 9.53 Å². The Morgan fingerprint density at radius 3 is 3.12 bits per heavy atom. The quantitative estimate of drug-likeness (QED) is 0.823. The van der Waals surface area contributed by atoms with Crippen molar-refractivity contribution in [2.24, 2.45) is 5.73 Å². The SMILES string of the molecule is CC(Oc1cccnc1)C(=O)N1CC[C@@H](N)C1. The molecule has 0 saturated carbocycles. The number of aromatic nitrogens is 1. The number of hydrogen-bond donors (Lipinski definition) is 1. The van der Waals surface area contributed by atoms with Gasteiger partial charge in [0.2, 0.25) is 0 Å². The van der Waals surface area contributed by atoms with Crippen LogP contribution in [0.3, 0.4) is 0 Å². The summed E-state index contributed by atoms with van der Waals surface area (Å²) in [6.45, 7) is 3.10. The first-order valence-corrected chi connectivity index (χ1v) is 5.78. The lowest BCUT2D eigenvalue weighted by atomic mass is 10.3. The summed E-state index contributed by atoms with van der Waals surface area (Å²) < 4.78 is 5.53. The average Bonchev–Trinajstić information content (AvgIpc) is 2.76. The Morgan fingerprint density at radius 1 is 1.71 bits per heavy atom. The van der Waals surface area contributed by atoms with E-state index in [9.17, 15) is 4.79 Å². The molecule has 1 aromatic heterocycles. The van der Waals surface area contributed by atoms with Crippen molar-refractivity contribution in [3.8, 4) is 5.75 Å². The lowest BCUT2D eigenvalue weighted by molar-refractivity contribution is -0.136. The van der Waals surface area contributed by atoms with Gasteiger partial charge in [0, 0.05) is 25.3 Å². The predicted octanol–water partition coefficient (Wildman–Crippen LogP) is 0.408. The highest BCUT2D eigenvalue weighted by Gasteiger charge is 2.28. The fourth-order valence-electron chi connectivity index (χ4n) is 1.92. The second kappa shape index (κ2) is 5.14. The first-order chi connectivity index (χ1) is 8.16. The molecule has 1 saturated heterocycles. The number of pyridine rings is 1. The van der Waals surface area contributed by atoms with Gasteiger partial charge in [-0.15, -0.1) is 0 Å². The van der Waals surface area contributed by atoms with Crippen LogP contribution in [0.2, 0.25) is 0 Å². The summed E-state index contributed by atoms with van der Waals surface area (Å²) in [5.74, 6) is 0.596. The number of nitrogens with zero attached hydrogens (tertiary/aromatic N) is 2. The van der Waals surface area contributed by atoms with Gasteiger partial charge in [-0.25, -0.2) is 0 Å². The van der Waals surface area contributed by atoms with Crippen LogP contribution in [-0.4, -0.2) is 41.0 Å². The zero-order valence-electron chi connectivity index (χ0n) is 9.87. The van der Waals surface area contributed by atoms with Gasteiger partial charge in [-0.3, -0.25) is 9.78 Å². The summed E-state index contributed by atoms with van der Waals surface area (Å²) in [4.78, 5) is 17.7. The zero-order chi connectivity index (χ0) is 12.3. The number of amides is 1. The molecule has 5 heteroatoms. The monoisotopic (exact) mass is 235 g/mol. The van der Waals surface area contributed by atoms with E-state index < -0.39 is 6.10 Å². The molecule has 2 N–H and O–H groups in total. The van der Waals surface area contributed by atoms with Crippen molar-refractivity contribution in [3.63, 3.8) is 0 Å². The highest BCUT2D eigenvalue weighted by molar-refractivity contribution is 5.81. The Bertz CT molecular complexity index is 383. The molecule has 2 atom stereocenters. The van der Waals surface area contributed by atoms with Crippen LogP contribution in [0.25, 0.3) is 0 Å². The van der Waals surface area contributed by atoms with Gasteiger partial charge in [-0.2, -0.15) is 0 Å². The summed E-state index contributed by atoms with van der Waals surface area (Å²) >= 11 is 0. The zero-order valence-corrected chi connectivity index (χ0v) is 9.87. The highest BCUT2D eigenvalue weighted by atomic mass is 16.5. The van der Waals surface area contributed by atoms with Crippen molar-refractivity contribution in [3.05, 3.63) is 24.5 Å². The smallest absolute Gasteiger partial charge is 0.263 e. The summed E-state index contributed by atoms with van der Waals surface area (Å²) in [5.41, 5.74) is 5.77. The van der Waals surface area contributed by atoms with Gasteiger partial charge in [0.15, 0.2) is 6.10 Å². The molecule has 0 aliphatic carbocycles. The molecule has 1 fully saturated rings. The molecule has 1 unspecified atom stereocenters. The van der Waals surface area contributed by atoms with Gasteiger partial charge in [0.1, 0.15) is 5.75 Å². The Hall–Kier alpha value is -1.62. The predicted molar refractivity (Wildman–Crippen MR) is 63.5 cm³/mol. The fourth-order valence-corrected chi connectivity index (χ4v) is 1.92. The largest absolute Gasteiger partial charge is 0.479 e. The third-order valence-electron chi connectivity index (χ3n) is 2.83. The highest BCUT2D eigenvalue weighted by Crippen LogP contribution is 2.13. The van der Waals surface area contributed by atoms with Gasteiger partial charge < -0.3 is 15.4 Å². The van der Waals surface area contributed by atoms with Gasteiger partial charge in [0.05, 0.1) is 6.20 Å². The van der Waals surface area contributed by atoms with Crippen LogP contribution in [0.15, 0.2) is 24.5 Å². The number of carbonyl (C=O) groups is 1. The second-order valence-electron chi connectivity index (χ2n) is 4.28. The van der Waals surface area contributed by atoms with E-state index >= 15 is 0 Å². The molecule has 2 rings (SSSR count). The standard InChI is InChI=1S/C12H17N3O2/c1-9(17-11-3-2-5-14-7-11)12(16)15-6-4-10(13)8-15/h2-3,5,7,9-10H,4,6,8,13H2,1H3/t9?,10-/m1/s1. The molecule has 0 spiro atoms. The van der Waals surface area contributed by atoms with Crippen molar-refractivity contribution in [2.45, 2.75) is 25.5 Å².